The van der Waals surface area contributed by atoms with Crippen LogP contribution >= 0.6 is 0 Å². The average molecular weight is 298 g/mol. The van der Waals surface area contributed by atoms with Gasteiger partial charge in [-0.1, -0.05) is 17.7 Å². The van der Waals surface area contributed by atoms with Gasteiger partial charge in [-0.25, -0.2) is 4.98 Å². The molecule has 0 aliphatic rings. The number of anilines is 1. The zero-order valence-corrected chi connectivity index (χ0v) is 12.6. The van der Waals surface area contributed by atoms with Crippen molar-refractivity contribution in [3.63, 3.8) is 0 Å². The topological polar surface area (TPSA) is 79.3 Å². The summed E-state index contributed by atoms with van der Waals surface area (Å²) in [5.41, 5.74) is 2.56. The van der Waals surface area contributed by atoms with Gasteiger partial charge in [0, 0.05) is 24.6 Å². The van der Waals surface area contributed by atoms with Crippen LogP contribution in [0.4, 0.5) is 5.82 Å². The predicted octanol–water partition coefficient (Wildman–Crippen LogP) is 3.01. The first-order chi connectivity index (χ1) is 10.5. The number of aromatic nitrogens is 1. The number of carbonyl (C=O) groups is 2. The molecule has 0 aliphatic heterocycles. The van der Waals surface area contributed by atoms with Gasteiger partial charge < -0.3 is 10.4 Å². The Morgan fingerprint density at radius 2 is 1.95 bits per heavy atom. The third-order valence-electron chi connectivity index (χ3n) is 3.32. The van der Waals surface area contributed by atoms with E-state index in [9.17, 15) is 14.7 Å². The van der Waals surface area contributed by atoms with Crippen LogP contribution < -0.4 is 5.32 Å². The lowest BCUT2D eigenvalue weighted by Crippen LogP contribution is -2.14. The number of hydrogen-bond donors (Lipinski definition) is 2. The number of aryl methyl sites for hydroxylation is 2. The highest BCUT2D eigenvalue weighted by atomic mass is 16.3. The number of benzene rings is 1. The second kappa shape index (κ2) is 6.85. The maximum Gasteiger partial charge on any atom is 0.226 e. The van der Waals surface area contributed by atoms with Gasteiger partial charge in [0.05, 0.1) is 0 Å². The van der Waals surface area contributed by atoms with E-state index in [0.29, 0.717) is 5.56 Å². The Bertz CT molecular complexity index is 711. The van der Waals surface area contributed by atoms with Crippen molar-refractivity contribution in [1.82, 2.24) is 4.98 Å². The third kappa shape index (κ3) is 3.91. The SMILES string of the molecule is Cc1ccc(C)c(C(=O)CCC(=O)Nc2ncccc2O)c1. The Labute approximate surface area is 129 Å². The summed E-state index contributed by atoms with van der Waals surface area (Å²) < 4.78 is 0. The van der Waals surface area contributed by atoms with Crippen molar-refractivity contribution in [2.75, 3.05) is 5.32 Å². The Balaban J connectivity index is 1.95. The fraction of sp³-hybridized carbons (Fsp3) is 0.235. The second-order valence-corrected chi connectivity index (χ2v) is 5.16. The zero-order chi connectivity index (χ0) is 16.1. The van der Waals surface area contributed by atoms with E-state index in [1.54, 1.807) is 6.07 Å². The average Bonchev–Trinajstić information content (AvgIpc) is 2.49. The van der Waals surface area contributed by atoms with Crippen LogP contribution in [0.3, 0.4) is 0 Å². The Kier molecular flexibility index (Phi) is 4.88. The number of ketones is 1. The number of nitrogens with one attached hydrogen (secondary N) is 1. The molecular formula is C17H18N2O3. The fourth-order valence-corrected chi connectivity index (χ4v) is 2.09. The van der Waals surface area contributed by atoms with Gasteiger partial charge in [-0.2, -0.15) is 0 Å². The van der Waals surface area contributed by atoms with Crippen LogP contribution in [0.5, 0.6) is 5.75 Å². The van der Waals surface area contributed by atoms with E-state index in [1.807, 2.05) is 32.0 Å². The first kappa shape index (κ1) is 15.7. The molecule has 0 spiro atoms. The van der Waals surface area contributed by atoms with Gasteiger partial charge in [-0.3, -0.25) is 9.59 Å². The maximum atomic E-state index is 12.2. The number of carbonyl (C=O) groups excluding carboxylic acids is 2. The highest BCUT2D eigenvalue weighted by Gasteiger charge is 2.13. The highest BCUT2D eigenvalue weighted by molar-refractivity contribution is 6.01. The largest absolute Gasteiger partial charge is 0.504 e. The number of rotatable bonds is 5. The minimum atomic E-state index is -0.354. The third-order valence-corrected chi connectivity index (χ3v) is 3.32. The molecule has 2 aromatic rings. The molecule has 0 radical (unpaired) electrons. The summed E-state index contributed by atoms with van der Waals surface area (Å²) >= 11 is 0. The summed E-state index contributed by atoms with van der Waals surface area (Å²) in [6, 6.07) is 8.68. The molecule has 5 heteroatoms. The molecular weight excluding hydrogens is 280 g/mol. The fourth-order valence-electron chi connectivity index (χ4n) is 2.09. The first-order valence-corrected chi connectivity index (χ1v) is 7.01. The molecule has 0 aliphatic carbocycles. The highest BCUT2D eigenvalue weighted by Crippen LogP contribution is 2.19. The molecule has 0 fully saturated rings. The van der Waals surface area contributed by atoms with E-state index < -0.39 is 0 Å². The van der Waals surface area contributed by atoms with Crippen molar-refractivity contribution in [3.8, 4) is 5.75 Å². The standard InChI is InChI=1S/C17H18N2O3/c1-11-5-6-12(2)13(10-11)14(20)7-8-16(22)19-17-15(21)4-3-9-18-17/h3-6,9-10,21H,7-8H2,1-2H3,(H,18,19,22). The lowest BCUT2D eigenvalue weighted by Gasteiger charge is -2.07. The monoisotopic (exact) mass is 298 g/mol. The number of nitrogens with zero attached hydrogens (tertiary/aromatic N) is 1. The summed E-state index contributed by atoms with van der Waals surface area (Å²) in [5, 5.41) is 12.0. The number of hydrogen-bond acceptors (Lipinski definition) is 4. The van der Waals surface area contributed by atoms with Gasteiger partial charge in [0.25, 0.3) is 0 Å². The van der Waals surface area contributed by atoms with Crippen molar-refractivity contribution in [2.45, 2.75) is 26.7 Å². The van der Waals surface area contributed by atoms with Gasteiger partial charge in [0.1, 0.15) is 0 Å². The molecule has 114 valence electrons. The molecule has 0 bridgehead atoms. The molecule has 1 aromatic carbocycles. The summed E-state index contributed by atoms with van der Waals surface area (Å²) in [4.78, 5) is 27.9. The second-order valence-electron chi connectivity index (χ2n) is 5.16. The van der Waals surface area contributed by atoms with E-state index in [0.717, 1.165) is 11.1 Å². The number of aromatic hydroxyl groups is 1. The number of Topliss-reactive ketones (excluding diaryl/α,β-unsaturated/α-hetero) is 1. The summed E-state index contributed by atoms with van der Waals surface area (Å²) in [6.45, 7) is 3.80. The molecule has 2 rings (SSSR count). The molecule has 0 unspecified atom stereocenters. The Hall–Kier alpha value is -2.69. The van der Waals surface area contributed by atoms with Gasteiger partial charge in [0.15, 0.2) is 17.4 Å². The Morgan fingerprint density at radius 1 is 1.18 bits per heavy atom. The van der Waals surface area contributed by atoms with E-state index in [4.69, 9.17) is 0 Å². The normalized spacial score (nSPS) is 10.3. The van der Waals surface area contributed by atoms with Crippen molar-refractivity contribution < 1.29 is 14.7 Å². The molecule has 0 saturated carbocycles. The van der Waals surface area contributed by atoms with Gasteiger partial charge in [0.2, 0.25) is 5.91 Å². The molecule has 1 amide bonds. The summed E-state index contributed by atoms with van der Waals surface area (Å²) in [7, 11) is 0. The van der Waals surface area contributed by atoms with Crippen LogP contribution in [0.1, 0.15) is 34.3 Å². The van der Waals surface area contributed by atoms with Crippen LogP contribution in [0.25, 0.3) is 0 Å². The van der Waals surface area contributed by atoms with Crippen molar-refractivity contribution >= 4 is 17.5 Å². The van der Waals surface area contributed by atoms with Gasteiger partial charge >= 0.3 is 0 Å². The summed E-state index contributed by atoms with van der Waals surface area (Å²) in [6.07, 6.45) is 1.63. The molecule has 2 N–H and O–H groups in total. The molecule has 22 heavy (non-hydrogen) atoms. The van der Waals surface area contributed by atoms with Gasteiger partial charge in [-0.15, -0.1) is 0 Å². The van der Waals surface area contributed by atoms with Gasteiger partial charge in [-0.05, 0) is 37.6 Å². The predicted molar refractivity (Wildman–Crippen MR) is 84.0 cm³/mol. The van der Waals surface area contributed by atoms with Crippen LogP contribution in [0.15, 0.2) is 36.5 Å². The number of pyridine rings is 1. The van der Waals surface area contributed by atoms with Crippen LogP contribution in [-0.2, 0) is 4.79 Å². The van der Waals surface area contributed by atoms with E-state index >= 15 is 0 Å². The van der Waals surface area contributed by atoms with E-state index in [1.165, 1.54) is 12.3 Å². The zero-order valence-electron chi connectivity index (χ0n) is 12.6. The smallest absolute Gasteiger partial charge is 0.226 e. The van der Waals surface area contributed by atoms with Crippen molar-refractivity contribution in [2.24, 2.45) is 0 Å². The molecule has 0 saturated heterocycles. The first-order valence-electron chi connectivity index (χ1n) is 7.01. The lowest BCUT2D eigenvalue weighted by atomic mass is 9.99. The van der Waals surface area contributed by atoms with Crippen LogP contribution in [0.2, 0.25) is 0 Å². The number of amides is 1. The quantitative estimate of drug-likeness (QED) is 0.832. The Morgan fingerprint density at radius 3 is 2.68 bits per heavy atom. The maximum absolute atomic E-state index is 12.2. The lowest BCUT2D eigenvalue weighted by molar-refractivity contribution is -0.116. The minimum Gasteiger partial charge on any atom is -0.504 e. The van der Waals surface area contributed by atoms with E-state index in [-0.39, 0.29) is 36.1 Å². The molecule has 0 atom stereocenters. The van der Waals surface area contributed by atoms with Crippen LogP contribution in [-0.4, -0.2) is 21.8 Å². The molecule has 5 nitrogen and oxygen atoms in total. The molecule has 1 aromatic heterocycles. The van der Waals surface area contributed by atoms with Crippen molar-refractivity contribution in [1.29, 1.82) is 0 Å². The summed E-state index contributed by atoms with van der Waals surface area (Å²) in [5.74, 6) is -0.419. The molecule has 1 heterocycles. The van der Waals surface area contributed by atoms with E-state index in [2.05, 4.69) is 10.3 Å². The minimum absolute atomic E-state index is 0.0439. The van der Waals surface area contributed by atoms with Crippen LogP contribution in [0, 0.1) is 13.8 Å². The van der Waals surface area contributed by atoms with Crippen molar-refractivity contribution in [3.05, 3.63) is 53.2 Å².